The van der Waals surface area contributed by atoms with Gasteiger partial charge in [-0.25, -0.2) is 4.98 Å². The Morgan fingerprint density at radius 2 is 1.89 bits per heavy atom. The second kappa shape index (κ2) is 8.15. The molecule has 0 bridgehead atoms. The van der Waals surface area contributed by atoms with Crippen LogP contribution in [-0.4, -0.2) is 48.4 Å². The van der Waals surface area contributed by atoms with Crippen LogP contribution in [0.3, 0.4) is 0 Å². The van der Waals surface area contributed by atoms with Gasteiger partial charge in [-0.1, -0.05) is 23.2 Å². The van der Waals surface area contributed by atoms with Crippen LogP contribution in [0.15, 0.2) is 36.5 Å². The van der Waals surface area contributed by atoms with Crippen LogP contribution < -0.4 is 10.2 Å². The second-order valence-electron chi connectivity index (χ2n) is 6.60. The van der Waals surface area contributed by atoms with Crippen molar-refractivity contribution in [3.8, 4) is 0 Å². The molecule has 1 aromatic heterocycles. The van der Waals surface area contributed by atoms with Crippen molar-refractivity contribution in [3.63, 3.8) is 0 Å². The number of likely N-dealkylation sites (tertiary alicyclic amines) is 1. The maximum absolute atomic E-state index is 12.8. The molecule has 2 amide bonds. The lowest BCUT2D eigenvalue weighted by Gasteiger charge is -2.24. The smallest absolute Gasteiger partial charge is 0.254 e. The summed E-state index contributed by atoms with van der Waals surface area (Å²) in [5.41, 5.74) is 1.31. The summed E-state index contributed by atoms with van der Waals surface area (Å²) in [6.45, 7) is 0.508. The number of halogens is 2. The number of hydrogen-bond donors (Lipinski definition) is 1. The van der Waals surface area contributed by atoms with Crippen LogP contribution in [-0.2, 0) is 4.79 Å². The van der Waals surface area contributed by atoms with E-state index in [1.165, 1.54) is 0 Å². The van der Waals surface area contributed by atoms with Gasteiger partial charge in [-0.3, -0.25) is 9.59 Å². The largest absolute Gasteiger partial charge is 0.376 e. The average Bonchev–Trinajstić information content (AvgIpc) is 3.10. The predicted molar refractivity (Wildman–Crippen MR) is 108 cm³/mol. The number of rotatable bonds is 4. The molecule has 0 unspecified atom stereocenters. The van der Waals surface area contributed by atoms with Crippen molar-refractivity contribution in [2.75, 3.05) is 30.9 Å². The normalized spacial score (nSPS) is 16.3. The van der Waals surface area contributed by atoms with Gasteiger partial charge in [-0.05, 0) is 43.2 Å². The molecule has 1 aliphatic heterocycles. The Balaban J connectivity index is 1.73. The average molecular weight is 407 g/mol. The summed E-state index contributed by atoms with van der Waals surface area (Å²) in [7, 11) is 3.83. The Labute approximate surface area is 168 Å². The monoisotopic (exact) mass is 406 g/mol. The highest BCUT2D eigenvalue weighted by Gasteiger charge is 2.34. The number of carbonyl (C=O) groups excluding carboxylic acids is 2. The van der Waals surface area contributed by atoms with Gasteiger partial charge in [0.2, 0.25) is 5.91 Å². The van der Waals surface area contributed by atoms with Crippen LogP contribution in [0.5, 0.6) is 0 Å². The molecule has 0 aliphatic carbocycles. The lowest BCUT2D eigenvalue weighted by atomic mass is 10.1. The molecule has 0 saturated carbocycles. The van der Waals surface area contributed by atoms with Crippen molar-refractivity contribution in [3.05, 3.63) is 52.1 Å². The fourth-order valence-corrected chi connectivity index (χ4v) is 3.59. The zero-order valence-corrected chi connectivity index (χ0v) is 16.6. The SMILES string of the molecule is CN(C)c1ccc(NC(=O)[C@@H]2CCCN2C(=O)c2cc(Cl)cc(Cl)c2)nc1. The minimum absolute atomic E-state index is 0.251. The highest BCUT2D eigenvalue weighted by Crippen LogP contribution is 2.25. The molecule has 0 radical (unpaired) electrons. The molecule has 1 aliphatic rings. The zero-order valence-electron chi connectivity index (χ0n) is 15.1. The van der Waals surface area contributed by atoms with Gasteiger partial charge in [0.15, 0.2) is 0 Å². The minimum atomic E-state index is -0.550. The zero-order chi connectivity index (χ0) is 19.6. The van der Waals surface area contributed by atoms with Gasteiger partial charge >= 0.3 is 0 Å². The quantitative estimate of drug-likeness (QED) is 0.840. The van der Waals surface area contributed by atoms with Gasteiger partial charge in [-0.2, -0.15) is 0 Å². The number of amides is 2. The van der Waals surface area contributed by atoms with E-state index in [1.807, 2.05) is 25.1 Å². The van der Waals surface area contributed by atoms with E-state index >= 15 is 0 Å². The molecule has 2 heterocycles. The van der Waals surface area contributed by atoms with Gasteiger partial charge < -0.3 is 15.1 Å². The van der Waals surface area contributed by atoms with Crippen LogP contribution in [0.25, 0.3) is 0 Å². The first-order chi connectivity index (χ1) is 12.8. The van der Waals surface area contributed by atoms with Gasteiger partial charge in [0, 0.05) is 36.2 Å². The number of hydrogen-bond acceptors (Lipinski definition) is 4. The molecule has 0 spiro atoms. The van der Waals surface area contributed by atoms with Crippen LogP contribution in [0, 0.1) is 0 Å². The first kappa shape index (κ1) is 19.5. The molecule has 27 heavy (non-hydrogen) atoms. The van der Waals surface area contributed by atoms with E-state index in [4.69, 9.17) is 23.2 Å². The van der Waals surface area contributed by atoms with Crippen LogP contribution in [0.4, 0.5) is 11.5 Å². The molecule has 6 nitrogen and oxygen atoms in total. The third-order valence-corrected chi connectivity index (χ3v) is 4.88. The molecule has 1 fully saturated rings. The molecule has 3 rings (SSSR count). The molecule has 8 heteroatoms. The molecule has 1 atom stereocenters. The molecular weight excluding hydrogens is 387 g/mol. The summed E-state index contributed by atoms with van der Waals surface area (Å²) < 4.78 is 0. The van der Waals surface area contributed by atoms with Crippen LogP contribution >= 0.6 is 23.2 Å². The number of benzene rings is 1. The van der Waals surface area contributed by atoms with E-state index < -0.39 is 6.04 Å². The minimum Gasteiger partial charge on any atom is -0.376 e. The van der Waals surface area contributed by atoms with Gasteiger partial charge in [0.05, 0.1) is 11.9 Å². The molecule has 1 saturated heterocycles. The number of pyridine rings is 1. The molecule has 142 valence electrons. The number of carbonyl (C=O) groups is 2. The maximum Gasteiger partial charge on any atom is 0.254 e. The summed E-state index contributed by atoms with van der Waals surface area (Å²) in [4.78, 5) is 33.3. The van der Waals surface area contributed by atoms with E-state index in [0.29, 0.717) is 34.4 Å². The van der Waals surface area contributed by atoms with E-state index in [1.54, 1.807) is 35.4 Å². The lowest BCUT2D eigenvalue weighted by molar-refractivity contribution is -0.119. The Kier molecular flexibility index (Phi) is 5.87. The molecule has 2 aromatic rings. The Morgan fingerprint density at radius 1 is 1.19 bits per heavy atom. The summed E-state index contributed by atoms with van der Waals surface area (Å²) in [5, 5.41) is 3.57. The van der Waals surface area contributed by atoms with E-state index in [9.17, 15) is 9.59 Å². The second-order valence-corrected chi connectivity index (χ2v) is 7.47. The summed E-state index contributed by atoms with van der Waals surface area (Å²) in [6.07, 6.45) is 3.04. The van der Waals surface area contributed by atoms with Crippen molar-refractivity contribution < 1.29 is 9.59 Å². The van der Waals surface area contributed by atoms with Crippen molar-refractivity contribution >= 4 is 46.5 Å². The molecular formula is C19H20Cl2N4O2. The van der Waals surface area contributed by atoms with Crippen molar-refractivity contribution in [2.45, 2.75) is 18.9 Å². The fraction of sp³-hybridized carbons (Fsp3) is 0.316. The number of nitrogens with one attached hydrogen (secondary N) is 1. The lowest BCUT2D eigenvalue weighted by Crippen LogP contribution is -2.43. The fourth-order valence-electron chi connectivity index (χ4n) is 3.06. The summed E-state index contributed by atoms with van der Waals surface area (Å²) in [6, 6.07) is 7.75. The van der Waals surface area contributed by atoms with Crippen molar-refractivity contribution in [1.82, 2.24) is 9.88 Å². The Bertz CT molecular complexity index is 835. The van der Waals surface area contributed by atoms with Gasteiger partial charge in [0.25, 0.3) is 5.91 Å². The highest BCUT2D eigenvalue weighted by molar-refractivity contribution is 6.35. The third kappa shape index (κ3) is 4.51. The van der Waals surface area contributed by atoms with E-state index in [-0.39, 0.29) is 11.8 Å². The Morgan fingerprint density at radius 3 is 2.48 bits per heavy atom. The third-order valence-electron chi connectivity index (χ3n) is 4.44. The van der Waals surface area contributed by atoms with Crippen molar-refractivity contribution in [2.24, 2.45) is 0 Å². The van der Waals surface area contributed by atoms with Crippen molar-refractivity contribution in [1.29, 1.82) is 0 Å². The predicted octanol–water partition coefficient (Wildman–Crippen LogP) is 3.70. The number of aromatic nitrogens is 1. The number of anilines is 2. The van der Waals surface area contributed by atoms with Crippen LogP contribution in [0.1, 0.15) is 23.2 Å². The van der Waals surface area contributed by atoms with Gasteiger partial charge in [0.1, 0.15) is 11.9 Å². The maximum atomic E-state index is 12.8. The summed E-state index contributed by atoms with van der Waals surface area (Å²) in [5.74, 6) is -0.0530. The summed E-state index contributed by atoms with van der Waals surface area (Å²) >= 11 is 12.0. The molecule has 1 aromatic carbocycles. The van der Waals surface area contributed by atoms with Crippen LogP contribution in [0.2, 0.25) is 10.0 Å². The standard InChI is InChI=1S/C19H20Cl2N4O2/c1-24(2)15-5-6-17(22-11-15)23-18(26)16-4-3-7-25(16)19(27)12-8-13(20)10-14(21)9-12/h5-6,8-11,16H,3-4,7H2,1-2H3,(H,22,23,26)/t16-/m0/s1. The topological polar surface area (TPSA) is 65.5 Å². The van der Waals surface area contributed by atoms with Gasteiger partial charge in [-0.15, -0.1) is 0 Å². The Hall–Kier alpha value is -2.31. The molecule has 1 N–H and O–H groups in total. The number of nitrogens with zero attached hydrogens (tertiary/aromatic N) is 3. The first-order valence-electron chi connectivity index (χ1n) is 8.56. The highest BCUT2D eigenvalue weighted by atomic mass is 35.5. The van der Waals surface area contributed by atoms with E-state index in [0.717, 1.165) is 12.1 Å². The van der Waals surface area contributed by atoms with E-state index in [2.05, 4.69) is 10.3 Å². The first-order valence-corrected chi connectivity index (χ1v) is 9.32.